The minimum absolute atomic E-state index is 0.225. The van der Waals surface area contributed by atoms with E-state index in [0.717, 1.165) is 5.56 Å². The number of halogens is 3. The third-order valence-electron chi connectivity index (χ3n) is 2.61. The second kappa shape index (κ2) is 11.4. The molecule has 0 saturated carbocycles. The Labute approximate surface area is 128 Å². The highest BCUT2D eigenvalue weighted by molar-refractivity contribution is 5.34. The maximum atomic E-state index is 13.8. The Kier molecular flexibility index (Phi) is 12.0. The van der Waals surface area contributed by atoms with Crippen LogP contribution in [0.25, 0.3) is 0 Å². The SMILES string of the molecule is C=CC.CC.CCc1cc(C(F)CF)cc(C(C)(C)F)c1. The molecule has 0 heterocycles. The topological polar surface area (TPSA) is 0 Å². The third-order valence-corrected chi connectivity index (χ3v) is 2.61. The summed E-state index contributed by atoms with van der Waals surface area (Å²) in [6, 6.07) is 4.71. The van der Waals surface area contributed by atoms with Gasteiger partial charge in [0.05, 0.1) is 0 Å². The van der Waals surface area contributed by atoms with Crippen LogP contribution in [0.3, 0.4) is 0 Å². The van der Waals surface area contributed by atoms with Crippen LogP contribution in [0.5, 0.6) is 0 Å². The van der Waals surface area contributed by atoms with E-state index in [-0.39, 0.29) is 5.56 Å². The van der Waals surface area contributed by atoms with E-state index in [4.69, 9.17) is 0 Å². The minimum Gasteiger partial charge on any atom is -0.248 e. The van der Waals surface area contributed by atoms with E-state index in [1.807, 2.05) is 27.7 Å². The largest absolute Gasteiger partial charge is 0.248 e. The molecule has 0 bridgehead atoms. The summed E-state index contributed by atoms with van der Waals surface area (Å²) in [4.78, 5) is 0. The van der Waals surface area contributed by atoms with Crippen LogP contribution in [0.4, 0.5) is 13.2 Å². The van der Waals surface area contributed by atoms with Crippen LogP contribution in [0, 0.1) is 0 Å². The molecule has 122 valence electrons. The van der Waals surface area contributed by atoms with Crippen molar-refractivity contribution in [3.05, 3.63) is 47.5 Å². The highest BCUT2D eigenvalue weighted by Crippen LogP contribution is 2.29. The monoisotopic (exact) mass is 302 g/mol. The zero-order valence-electron chi connectivity index (χ0n) is 14.1. The molecule has 1 atom stereocenters. The average Bonchev–Trinajstić information content (AvgIpc) is 2.47. The molecular formula is C18H29F3. The number of aryl methyl sites for hydroxylation is 1. The van der Waals surface area contributed by atoms with Gasteiger partial charge in [0.2, 0.25) is 0 Å². The maximum absolute atomic E-state index is 13.8. The van der Waals surface area contributed by atoms with Crippen molar-refractivity contribution in [3.63, 3.8) is 0 Å². The molecule has 1 aromatic rings. The Morgan fingerprint density at radius 1 is 1.24 bits per heavy atom. The summed E-state index contributed by atoms with van der Waals surface area (Å²) in [6.45, 7) is 12.9. The van der Waals surface area contributed by atoms with Crippen LogP contribution in [0.2, 0.25) is 0 Å². The van der Waals surface area contributed by atoms with Gasteiger partial charge >= 0.3 is 0 Å². The molecular weight excluding hydrogens is 273 g/mol. The molecule has 21 heavy (non-hydrogen) atoms. The highest BCUT2D eigenvalue weighted by Gasteiger charge is 2.21. The van der Waals surface area contributed by atoms with Gasteiger partial charge in [0.25, 0.3) is 0 Å². The van der Waals surface area contributed by atoms with E-state index < -0.39 is 18.5 Å². The standard InChI is InChI=1S/C13H17F3.C3H6.C2H6/c1-4-9-5-10(12(15)8-14)7-11(6-9)13(2,3)16;1-3-2;1-2/h5-7,12H,4,8H2,1-3H3;3H,1H2,2H3;1-2H3. The molecule has 0 aliphatic rings. The van der Waals surface area contributed by atoms with Crippen molar-refractivity contribution in [2.24, 2.45) is 0 Å². The number of hydrogen-bond donors (Lipinski definition) is 0. The fourth-order valence-corrected chi connectivity index (χ4v) is 1.54. The molecule has 0 spiro atoms. The molecule has 0 saturated heterocycles. The molecule has 1 rings (SSSR count). The molecule has 1 aromatic carbocycles. The van der Waals surface area contributed by atoms with E-state index in [0.29, 0.717) is 12.0 Å². The summed E-state index contributed by atoms with van der Waals surface area (Å²) in [5.41, 5.74) is -0.0782. The van der Waals surface area contributed by atoms with E-state index in [9.17, 15) is 13.2 Å². The van der Waals surface area contributed by atoms with Crippen LogP contribution in [0.1, 0.15) is 64.4 Å². The second-order valence-corrected chi connectivity index (χ2v) is 4.82. The Bertz CT molecular complexity index is 392. The van der Waals surface area contributed by atoms with Gasteiger partial charge in [-0.15, -0.1) is 6.58 Å². The highest BCUT2D eigenvalue weighted by atomic mass is 19.2. The molecule has 0 radical (unpaired) electrons. The van der Waals surface area contributed by atoms with Gasteiger partial charge in [0, 0.05) is 0 Å². The quantitative estimate of drug-likeness (QED) is 0.546. The summed E-state index contributed by atoms with van der Waals surface area (Å²) in [5, 5.41) is 0. The van der Waals surface area contributed by atoms with E-state index in [1.54, 1.807) is 18.2 Å². The number of hydrogen-bond acceptors (Lipinski definition) is 0. The van der Waals surface area contributed by atoms with Crippen LogP contribution < -0.4 is 0 Å². The molecule has 0 nitrogen and oxygen atoms in total. The Balaban J connectivity index is 0. The summed E-state index contributed by atoms with van der Waals surface area (Å²) in [7, 11) is 0. The smallest absolute Gasteiger partial charge is 0.153 e. The van der Waals surface area contributed by atoms with Gasteiger partial charge in [0.1, 0.15) is 12.3 Å². The van der Waals surface area contributed by atoms with Crippen LogP contribution in [-0.4, -0.2) is 6.67 Å². The van der Waals surface area contributed by atoms with Gasteiger partial charge in [-0.2, -0.15) is 0 Å². The molecule has 0 aromatic heterocycles. The molecule has 0 N–H and O–H groups in total. The van der Waals surface area contributed by atoms with E-state index in [1.165, 1.54) is 19.9 Å². The molecule has 0 aliphatic heterocycles. The van der Waals surface area contributed by atoms with Gasteiger partial charge in [-0.05, 0) is 49.9 Å². The lowest BCUT2D eigenvalue weighted by Gasteiger charge is -2.18. The summed E-state index contributed by atoms with van der Waals surface area (Å²) >= 11 is 0. The van der Waals surface area contributed by atoms with Gasteiger partial charge < -0.3 is 0 Å². The van der Waals surface area contributed by atoms with Gasteiger partial charge in [0.15, 0.2) is 6.17 Å². The van der Waals surface area contributed by atoms with Crippen molar-refractivity contribution in [3.8, 4) is 0 Å². The lowest BCUT2D eigenvalue weighted by molar-refractivity contribution is 0.219. The van der Waals surface area contributed by atoms with Crippen molar-refractivity contribution < 1.29 is 13.2 Å². The minimum atomic E-state index is -1.66. The molecule has 0 aliphatic carbocycles. The van der Waals surface area contributed by atoms with Crippen LogP contribution in [0.15, 0.2) is 30.9 Å². The summed E-state index contributed by atoms with van der Waals surface area (Å²) < 4.78 is 39.3. The van der Waals surface area contributed by atoms with Crippen molar-refractivity contribution in [1.82, 2.24) is 0 Å². The average molecular weight is 302 g/mol. The number of alkyl halides is 3. The fourth-order valence-electron chi connectivity index (χ4n) is 1.54. The second-order valence-electron chi connectivity index (χ2n) is 4.82. The normalized spacial score (nSPS) is 11.5. The lowest BCUT2D eigenvalue weighted by atomic mass is 9.93. The van der Waals surface area contributed by atoms with Crippen LogP contribution >= 0.6 is 0 Å². The maximum Gasteiger partial charge on any atom is 0.153 e. The first kappa shape index (κ1) is 22.0. The zero-order chi connectivity index (χ0) is 17.1. The van der Waals surface area contributed by atoms with Crippen molar-refractivity contribution in [1.29, 1.82) is 0 Å². The van der Waals surface area contributed by atoms with Gasteiger partial charge in [-0.25, -0.2) is 13.2 Å². The molecule has 0 fully saturated rings. The first-order valence-corrected chi connectivity index (χ1v) is 7.40. The number of benzene rings is 1. The molecule has 0 amide bonds. The van der Waals surface area contributed by atoms with Crippen molar-refractivity contribution in [2.45, 2.75) is 59.8 Å². The van der Waals surface area contributed by atoms with Gasteiger partial charge in [-0.3, -0.25) is 0 Å². The fraction of sp³-hybridized carbons (Fsp3) is 0.556. The Hall–Kier alpha value is -1.25. The number of allylic oxidation sites excluding steroid dienone is 1. The zero-order valence-corrected chi connectivity index (χ0v) is 14.1. The Morgan fingerprint density at radius 3 is 2.05 bits per heavy atom. The lowest BCUT2D eigenvalue weighted by Crippen LogP contribution is -2.11. The third kappa shape index (κ3) is 8.59. The van der Waals surface area contributed by atoms with Crippen molar-refractivity contribution in [2.75, 3.05) is 6.67 Å². The predicted octanol–water partition coefficient (Wildman–Crippen LogP) is 6.65. The van der Waals surface area contributed by atoms with Crippen molar-refractivity contribution >= 4 is 0 Å². The molecule has 3 heteroatoms. The van der Waals surface area contributed by atoms with Crippen LogP contribution in [-0.2, 0) is 12.1 Å². The Morgan fingerprint density at radius 2 is 1.71 bits per heavy atom. The van der Waals surface area contributed by atoms with E-state index >= 15 is 0 Å². The number of rotatable bonds is 4. The summed E-state index contributed by atoms with van der Waals surface area (Å²) in [5.74, 6) is 0. The summed E-state index contributed by atoms with van der Waals surface area (Å²) in [6.07, 6.45) is 0.767. The molecule has 1 unspecified atom stereocenters. The first-order chi connectivity index (χ1) is 9.79. The van der Waals surface area contributed by atoms with Gasteiger partial charge in [-0.1, -0.05) is 39.0 Å². The predicted molar refractivity (Wildman–Crippen MR) is 87.0 cm³/mol. The van der Waals surface area contributed by atoms with E-state index in [2.05, 4.69) is 6.58 Å². The first-order valence-electron chi connectivity index (χ1n) is 7.40.